The number of hydrogen-bond donors (Lipinski definition) is 6. The fourth-order valence-electron chi connectivity index (χ4n) is 5.30. The number of benzene rings is 2. The molecule has 0 bridgehead atoms. The Morgan fingerprint density at radius 2 is 0.633 bits per heavy atom. The van der Waals surface area contributed by atoms with E-state index < -0.39 is 46.4 Å². The molecular weight excluding hydrogens is 628 g/mol. The van der Waals surface area contributed by atoms with Crippen molar-refractivity contribution in [2.45, 2.75) is 149 Å². The lowest BCUT2D eigenvalue weighted by atomic mass is 10.1. The first-order valence-corrected chi connectivity index (χ1v) is 18.5. The molecule has 49 heavy (non-hydrogen) atoms. The Morgan fingerprint density at radius 1 is 0.408 bits per heavy atom. The SMILES string of the molecule is CCCCCCCCCCCCCOC(=O)c1cc(O)c(O)c(O)c1.CCCCCCCCCCCCOC(=O)c1cc(O)c(O)c(O)c1. The molecule has 0 heterocycles. The first-order chi connectivity index (χ1) is 23.6. The van der Waals surface area contributed by atoms with E-state index in [-0.39, 0.29) is 11.1 Å². The molecule has 0 saturated heterocycles. The largest absolute Gasteiger partial charge is 0.504 e. The monoisotopic (exact) mass is 690 g/mol. The van der Waals surface area contributed by atoms with E-state index in [0.717, 1.165) is 62.8 Å². The van der Waals surface area contributed by atoms with Crippen molar-refractivity contribution in [2.24, 2.45) is 0 Å². The average Bonchev–Trinajstić information content (AvgIpc) is 3.08. The van der Waals surface area contributed by atoms with Crippen molar-refractivity contribution in [1.29, 1.82) is 0 Å². The molecule has 0 saturated carbocycles. The van der Waals surface area contributed by atoms with Gasteiger partial charge in [-0.2, -0.15) is 0 Å². The topological polar surface area (TPSA) is 174 Å². The van der Waals surface area contributed by atoms with E-state index in [1.165, 1.54) is 96.3 Å². The van der Waals surface area contributed by atoms with Gasteiger partial charge in [-0.15, -0.1) is 0 Å². The molecule has 0 fully saturated rings. The molecule has 6 N–H and O–H groups in total. The minimum absolute atomic E-state index is 0.0230. The lowest BCUT2D eigenvalue weighted by molar-refractivity contribution is 0.0487. The van der Waals surface area contributed by atoms with E-state index >= 15 is 0 Å². The van der Waals surface area contributed by atoms with Crippen LogP contribution in [0.4, 0.5) is 0 Å². The van der Waals surface area contributed by atoms with Gasteiger partial charge < -0.3 is 40.1 Å². The van der Waals surface area contributed by atoms with Crippen molar-refractivity contribution in [3.8, 4) is 34.5 Å². The van der Waals surface area contributed by atoms with E-state index in [4.69, 9.17) is 9.47 Å². The van der Waals surface area contributed by atoms with Crippen LogP contribution >= 0.6 is 0 Å². The summed E-state index contributed by atoms with van der Waals surface area (Å²) in [5, 5.41) is 56.0. The summed E-state index contributed by atoms with van der Waals surface area (Å²) >= 11 is 0. The van der Waals surface area contributed by atoms with Gasteiger partial charge in [0.15, 0.2) is 34.5 Å². The third-order valence-corrected chi connectivity index (χ3v) is 8.32. The molecule has 10 heteroatoms. The number of rotatable bonds is 25. The molecular formula is C39H62O10. The zero-order valence-electron chi connectivity index (χ0n) is 29.9. The number of phenolic OH excluding ortho intramolecular Hbond substituents is 6. The van der Waals surface area contributed by atoms with Gasteiger partial charge in [0, 0.05) is 0 Å². The normalized spacial score (nSPS) is 10.7. The summed E-state index contributed by atoms with van der Waals surface area (Å²) in [5.74, 6) is -4.66. The Balaban J connectivity index is 0.000000490. The maximum Gasteiger partial charge on any atom is 0.338 e. The van der Waals surface area contributed by atoms with E-state index in [2.05, 4.69) is 13.8 Å². The molecule has 0 aliphatic carbocycles. The third-order valence-electron chi connectivity index (χ3n) is 8.32. The Morgan fingerprint density at radius 3 is 0.878 bits per heavy atom. The van der Waals surface area contributed by atoms with Crippen LogP contribution in [0.1, 0.15) is 169 Å². The van der Waals surface area contributed by atoms with Crippen LogP contribution in [-0.4, -0.2) is 55.8 Å². The number of carbonyl (C=O) groups excluding carboxylic acids is 2. The summed E-state index contributed by atoms with van der Waals surface area (Å²) in [5.41, 5.74) is 0.0470. The number of ether oxygens (including phenoxy) is 2. The minimum atomic E-state index is -0.638. The summed E-state index contributed by atoms with van der Waals surface area (Å²) in [6.45, 7) is 5.09. The predicted octanol–water partition coefficient (Wildman–Crippen LogP) is 10.2. The van der Waals surface area contributed by atoms with Gasteiger partial charge in [-0.05, 0) is 37.1 Å². The van der Waals surface area contributed by atoms with Crippen LogP contribution in [0.25, 0.3) is 0 Å². The van der Waals surface area contributed by atoms with Gasteiger partial charge >= 0.3 is 11.9 Å². The number of carbonyl (C=O) groups is 2. The molecule has 0 amide bonds. The van der Waals surface area contributed by atoms with Crippen molar-refractivity contribution in [2.75, 3.05) is 13.2 Å². The lowest BCUT2D eigenvalue weighted by Crippen LogP contribution is -2.06. The van der Waals surface area contributed by atoms with Gasteiger partial charge in [-0.3, -0.25) is 0 Å². The number of phenols is 6. The highest BCUT2D eigenvalue weighted by Crippen LogP contribution is 2.36. The maximum absolute atomic E-state index is 11.8. The summed E-state index contributed by atoms with van der Waals surface area (Å²) in [7, 11) is 0. The molecule has 2 aromatic rings. The molecule has 0 atom stereocenters. The summed E-state index contributed by atoms with van der Waals surface area (Å²) in [6.07, 6.45) is 25.5. The van der Waals surface area contributed by atoms with Crippen molar-refractivity contribution < 1.29 is 49.7 Å². The zero-order valence-corrected chi connectivity index (χ0v) is 29.9. The van der Waals surface area contributed by atoms with E-state index in [0.29, 0.717) is 13.2 Å². The second-order valence-corrected chi connectivity index (χ2v) is 12.7. The van der Waals surface area contributed by atoms with Crippen LogP contribution in [0.3, 0.4) is 0 Å². The van der Waals surface area contributed by atoms with Gasteiger partial charge in [0.2, 0.25) is 0 Å². The highest BCUT2D eigenvalue weighted by Gasteiger charge is 2.15. The van der Waals surface area contributed by atoms with Crippen LogP contribution in [0.5, 0.6) is 34.5 Å². The summed E-state index contributed by atoms with van der Waals surface area (Å²) in [4.78, 5) is 23.6. The van der Waals surface area contributed by atoms with Gasteiger partial charge in [-0.25, -0.2) is 9.59 Å². The van der Waals surface area contributed by atoms with Crippen molar-refractivity contribution in [1.82, 2.24) is 0 Å². The first-order valence-electron chi connectivity index (χ1n) is 18.5. The van der Waals surface area contributed by atoms with E-state index in [1.54, 1.807) is 0 Å². The van der Waals surface area contributed by atoms with Gasteiger partial charge in [0.25, 0.3) is 0 Å². The fraction of sp³-hybridized carbons (Fsp3) is 0.641. The maximum atomic E-state index is 11.8. The number of unbranched alkanes of at least 4 members (excludes halogenated alkanes) is 19. The number of aromatic hydroxyl groups is 6. The highest BCUT2D eigenvalue weighted by molar-refractivity contribution is 5.91. The molecule has 2 aromatic carbocycles. The second-order valence-electron chi connectivity index (χ2n) is 12.7. The molecule has 0 aliphatic heterocycles. The van der Waals surface area contributed by atoms with Crippen molar-refractivity contribution >= 4 is 11.9 Å². The minimum Gasteiger partial charge on any atom is -0.504 e. The van der Waals surface area contributed by atoms with Gasteiger partial charge in [0.05, 0.1) is 24.3 Å². The molecule has 0 spiro atoms. The Labute approximate surface area is 293 Å². The quantitative estimate of drug-likeness (QED) is 0.0334. The molecule has 278 valence electrons. The Kier molecular flexibility index (Phi) is 23.9. The number of hydrogen-bond acceptors (Lipinski definition) is 10. The summed E-state index contributed by atoms with van der Waals surface area (Å²) in [6, 6.07) is 4.32. The Bertz CT molecular complexity index is 1150. The standard InChI is InChI=1S/C20H32O5.C19H30O5/c1-2-3-4-5-6-7-8-9-10-11-12-13-25-20(24)16-14-17(21)19(23)18(22)15-16;1-2-3-4-5-6-7-8-9-10-11-12-24-19(23)15-13-16(20)18(22)17(21)14-15/h14-15,21-23H,2-13H2,1H3;13-14,20-22H,2-12H2,1H3. The average molecular weight is 691 g/mol. The fourth-order valence-corrected chi connectivity index (χ4v) is 5.30. The van der Waals surface area contributed by atoms with Gasteiger partial charge in [0.1, 0.15) is 0 Å². The number of esters is 2. The molecule has 0 aromatic heterocycles. The first kappa shape index (κ1) is 43.2. The third kappa shape index (κ3) is 19.7. The van der Waals surface area contributed by atoms with E-state index in [1.807, 2.05) is 0 Å². The van der Waals surface area contributed by atoms with Crippen LogP contribution in [0.2, 0.25) is 0 Å². The van der Waals surface area contributed by atoms with Crippen LogP contribution in [0, 0.1) is 0 Å². The lowest BCUT2D eigenvalue weighted by Gasteiger charge is -2.07. The van der Waals surface area contributed by atoms with E-state index in [9.17, 15) is 40.2 Å². The molecule has 0 radical (unpaired) electrons. The molecule has 2 rings (SSSR count). The van der Waals surface area contributed by atoms with Gasteiger partial charge in [-0.1, -0.05) is 136 Å². The Hall–Kier alpha value is -3.82. The van der Waals surface area contributed by atoms with Crippen molar-refractivity contribution in [3.63, 3.8) is 0 Å². The van der Waals surface area contributed by atoms with Crippen LogP contribution in [0.15, 0.2) is 24.3 Å². The summed E-state index contributed by atoms with van der Waals surface area (Å²) < 4.78 is 10.2. The van der Waals surface area contributed by atoms with Crippen molar-refractivity contribution in [3.05, 3.63) is 35.4 Å². The molecule has 0 unspecified atom stereocenters. The molecule has 0 aliphatic rings. The predicted molar refractivity (Wildman–Crippen MR) is 192 cm³/mol. The second kappa shape index (κ2) is 27.1. The highest BCUT2D eigenvalue weighted by atomic mass is 16.5. The zero-order chi connectivity index (χ0) is 36.3. The molecule has 10 nitrogen and oxygen atoms in total. The van der Waals surface area contributed by atoms with Crippen LogP contribution < -0.4 is 0 Å². The smallest absolute Gasteiger partial charge is 0.338 e. The van der Waals surface area contributed by atoms with Crippen LogP contribution in [-0.2, 0) is 9.47 Å².